The Hall–Kier alpha value is -1.75. The Morgan fingerprint density at radius 1 is 1.16 bits per heavy atom. The van der Waals surface area contributed by atoms with Gasteiger partial charge in [0.2, 0.25) is 5.91 Å². The van der Waals surface area contributed by atoms with E-state index in [0.717, 1.165) is 30.7 Å². The highest BCUT2D eigenvalue weighted by Gasteiger charge is 2.30. The average molecular weight is 379 g/mol. The lowest BCUT2D eigenvalue weighted by Gasteiger charge is -2.22. The lowest BCUT2D eigenvalue weighted by Crippen LogP contribution is -2.34. The summed E-state index contributed by atoms with van der Waals surface area (Å²) in [5, 5.41) is 3.71. The van der Waals surface area contributed by atoms with E-state index in [2.05, 4.69) is 10.2 Å². The number of benzene rings is 2. The van der Waals surface area contributed by atoms with Gasteiger partial charge in [0, 0.05) is 12.6 Å². The molecule has 132 valence electrons. The zero-order valence-corrected chi connectivity index (χ0v) is 15.5. The molecule has 0 aromatic heterocycles. The Morgan fingerprint density at radius 3 is 2.36 bits per heavy atom. The number of amides is 1. The van der Waals surface area contributed by atoms with Crippen LogP contribution in [0.15, 0.2) is 42.5 Å². The summed E-state index contributed by atoms with van der Waals surface area (Å²) in [6.45, 7) is 1.02. The predicted octanol–water partition coefficient (Wildman–Crippen LogP) is 4.61. The van der Waals surface area contributed by atoms with Crippen LogP contribution in [0, 0.1) is 0 Å². The minimum atomic E-state index is -0.115. The second-order valence-corrected chi connectivity index (χ2v) is 6.94. The molecule has 3 rings (SSSR count). The third kappa shape index (κ3) is 4.88. The molecule has 0 saturated heterocycles. The zero-order valence-electron chi connectivity index (χ0n) is 14.0. The van der Waals surface area contributed by atoms with Crippen molar-refractivity contribution >= 4 is 34.8 Å². The SMILES string of the molecule is COc1ccc(CN(CC(=O)Nc2c(Cl)cccc2Cl)C2CC2)cc1. The summed E-state index contributed by atoms with van der Waals surface area (Å²) >= 11 is 12.2. The molecule has 0 aliphatic heterocycles. The van der Waals surface area contributed by atoms with Crippen LogP contribution < -0.4 is 10.1 Å². The van der Waals surface area contributed by atoms with Crippen LogP contribution in [0.4, 0.5) is 5.69 Å². The maximum absolute atomic E-state index is 12.5. The highest BCUT2D eigenvalue weighted by Crippen LogP contribution is 2.31. The van der Waals surface area contributed by atoms with Gasteiger partial charge < -0.3 is 10.1 Å². The van der Waals surface area contributed by atoms with Crippen molar-refractivity contribution in [2.24, 2.45) is 0 Å². The van der Waals surface area contributed by atoms with Gasteiger partial charge in [0.1, 0.15) is 5.75 Å². The standard InChI is InChI=1S/C19H20Cl2N2O2/c1-25-15-9-5-13(6-10-15)11-23(14-7-8-14)12-18(24)22-19-16(20)3-2-4-17(19)21/h2-6,9-10,14H,7-8,11-12H2,1H3,(H,22,24). The highest BCUT2D eigenvalue weighted by molar-refractivity contribution is 6.39. The minimum Gasteiger partial charge on any atom is -0.497 e. The number of carbonyl (C=O) groups excluding carboxylic acids is 1. The summed E-state index contributed by atoms with van der Waals surface area (Å²) in [4.78, 5) is 14.6. The molecule has 0 unspecified atom stereocenters. The minimum absolute atomic E-state index is 0.115. The average Bonchev–Trinajstić information content (AvgIpc) is 3.43. The van der Waals surface area contributed by atoms with Crippen molar-refractivity contribution in [2.45, 2.75) is 25.4 Å². The van der Waals surface area contributed by atoms with Gasteiger partial charge in [-0.2, -0.15) is 0 Å². The summed E-state index contributed by atoms with van der Waals surface area (Å²) in [7, 11) is 1.65. The largest absolute Gasteiger partial charge is 0.497 e. The molecule has 1 N–H and O–H groups in total. The third-order valence-electron chi connectivity index (χ3n) is 4.18. The lowest BCUT2D eigenvalue weighted by molar-refractivity contribution is -0.117. The van der Waals surface area contributed by atoms with Gasteiger partial charge in [0.25, 0.3) is 0 Å². The Morgan fingerprint density at radius 2 is 1.80 bits per heavy atom. The van der Waals surface area contributed by atoms with Crippen molar-refractivity contribution in [3.63, 3.8) is 0 Å². The second-order valence-electron chi connectivity index (χ2n) is 6.13. The van der Waals surface area contributed by atoms with Crippen molar-refractivity contribution in [2.75, 3.05) is 19.0 Å². The Labute approximate surface area is 157 Å². The highest BCUT2D eigenvalue weighted by atomic mass is 35.5. The molecule has 1 fully saturated rings. The van der Waals surface area contributed by atoms with Gasteiger partial charge in [-0.1, -0.05) is 41.4 Å². The van der Waals surface area contributed by atoms with Crippen LogP contribution in [-0.4, -0.2) is 30.5 Å². The molecule has 0 atom stereocenters. The van der Waals surface area contributed by atoms with E-state index in [0.29, 0.717) is 28.3 Å². The van der Waals surface area contributed by atoms with Gasteiger partial charge >= 0.3 is 0 Å². The fraction of sp³-hybridized carbons (Fsp3) is 0.316. The first kappa shape index (κ1) is 18.1. The maximum Gasteiger partial charge on any atom is 0.238 e. The van der Waals surface area contributed by atoms with E-state index >= 15 is 0 Å². The molecule has 2 aromatic rings. The van der Waals surface area contributed by atoms with Gasteiger partial charge in [0.05, 0.1) is 29.4 Å². The van der Waals surface area contributed by atoms with Crippen molar-refractivity contribution in [3.8, 4) is 5.75 Å². The number of hydrogen-bond donors (Lipinski definition) is 1. The van der Waals surface area contributed by atoms with Crippen LogP contribution in [0.25, 0.3) is 0 Å². The number of nitrogens with one attached hydrogen (secondary N) is 1. The van der Waals surface area contributed by atoms with Gasteiger partial charge in [0.15, 0.2) is 0 Å². The van der Waals surface area contributed by atoms with Gasteiger partial charge in [-0.15, -0.1) is 0 Å². The predicted molar refractivity (Wildman–Crippen MR) is 102 cm³/mol. The second kappa shape index (κ2) is 8.09. The molecule has 1 amide bonds. The fourth-order valence-electron chi connectivity index (χ4n) is 2.70. The monoisotopic (exact) mass is 378 g/mol. The van der Waals surface area contributed by atoms with E-state index in [1.54, 1.807) is 25.3 Å². The van der Waals surface area contributed by atoms with Crippen molar-refractivity contribution < 1.29 is 9.53 Å². The Bertz CT molecular complexity index is 725. The summed E-state index contributed by atoms with van der Waals surface area (Å²) in [5.74, 6) is 0.711. The van der Waals surface area contributed by atoms with Crippen LogP contribution >= 0.6 is 23.2 Å². The van der Waals surface area contributed by atoms with Crippen molar-refractivity contribution in [1.29, 1.82) is 0 Å². The number of halogens is 2. The molecule has 1 aliphatic carbocycles. The van der Waals surface area contributed by atoms with Crippen LogP contribution in [0.1, 0.15) is 18.4 Å². The molecular formula is C19H20Cl2N2O2. The van der Waals surface area contributed by atoms with E-state index in [1.807, 2.05) is 24.3 Å². The molecule has 0 heterocycles. The van der Waals surface area contributed by atoms with Gasteiger partial charge in [-0.3, -0.25) is 9.69 Å². The lowest BCUT2D eigenvalue weighted by atomic mass is 10.2. The molecule has 6 heteroatoms. The smallest absolute Gasteiger partial charge is 0.238 e. The molecule has 0 spiro atoms. The Balaban J connectivity index is 1.64. The molecule has 1 saturated carbocycles. The number of ether oxygens (including phenoxy) is 1. The number of rotatable bonds is 7. The fourth-order valence-corrected chi connectivity index (χ4v) is 3.19. The molecule has 1 aliphatic rings. The summed E-state index contributed by atoms with van der Waals surface area (Å²) < 4.78 is 5.18. The van der Waals surface area contributed by atoms with Crippen molar-refractivity contribution in [1.82, 2.24) is 4.90 Å². The molecule has 0 radical (unpaired) electrons. The first-order chi connectivity index (χ1) is 12.1. The van der Waals surface area contributed by atoms with E-state index in [9.17, 15) is 4.79 Å². The van der Waals surface area contributed by atoms with E-state index in [4.69, 9.17) is 27.9 Å². The number of methoxy groups -OCH3 is 1. The number of anilines is 1. The molecular weight excluding hydrogens is 359 g/mol. The maximum atomic E-state index is 12.5. The van der Waals surface area contributed by atoms with Gasteiger partial charge in [-0.25, -0.2) is 0 Å². The molecule has 4 nitrogen and oxygen atoms in total. The quantitative estimate of drug-likeness (QED) is 0.764. The first-order valence-electron chi connectivity index (χ1n) is 8.17. The normalized spacial score (nSPS) is 13.8. The van der Waals surface area contributed by atoms with Gasteiger partial charge in [-0.05, 0) is 42.7 Å². The van der Waals surface area contributed by atoms with Crippen LogP contribution in [0.3, 0.4) is 0 Å². The first-order valence-corrected chi connectivity index (χ1v) is 8.93. The zero-order chi connectivity index (χ0) is 17.8. The number of carbonyl (C=O) groups is 1. The number of nitrogens with zero attached hydrogens (tertiary/aromatic N) is 1. The summed E-state index contributed by atoms with van der Waals surface area (Å²) in [6.07, 6.45) is 2.24. The Kier molecular flexibility index (Phi) is 5.84. The van der Waals surface area contributed by atoms with E-state index in [-0.39, 0.29) is 5.91 Å². The summed E-state index contributed by atoms with van der Waals surface area (Å²) in [5.41, 5.74) is 1.62. The van der Waals surface area contributed by atoms with Crippen LogP contribution in [-0.2, 0) is 11.3 Å². The van der Waals surface area contributed by atoms with E-state index in [1.165, 1.54) is 0 Å². The molecule has 25 heavy (non-hydrogen) atoms. The number of hydrogen-bond acceptors (Lipinski definition) is 3. The van der Waals surface area contributed by atoms with E-state index < -0.39 is 0 Å². The number of para-hydroxylation sites is 1. The molecule has 0 bridgehead atoms. The van der Waals surface area contributed by atoms with Crippen LogP contribution in [0.2, 0.25) is 10.0 Å². The van der Waals surface area contributed by atoms with Crippen LogP contribution in [0.5, 0.6) is 5.75 Å². The summed E-state index contributed by atoms with van der Waals surface area (Å²) in [6, 6.07) is 13.5. The third-order valence-corrected chi connectivity index (χ3v) is 4.81. The molecule has 2 aromatic carbocycles. The van der Waals surface area contributed by atoms with Crippen molar-refractivity contribution in [3.05, 3.63) is 58.1 Å². The topological polar surface area (TPSA) is 41.6 Å².